The van der Waals surface area contributed by atoms with E-state index in [0.29, 0.717) is 24.3 Å². The first-order valence-electron chi connectivity index (χ1n) is 9.42. The number of aliphatic hydroxyl groups is 2. The Morgan fingerprint density at radius 2 is 1.25 bits per heavy atom. The molecule has 0 aliphatic carbocycles. The van der Waals surface area contributed by atoms with Crippen molar-refractivity contribution in [1.29, 1.82) is 0 Å². The van der Waals surface area contributed by atoms with Gasteiger partial charge in [0.15, 0.2) is 5.75 Å². The quantitative estimate of drug-likeness (QED) is 0.373. The van der Waals surface area contributed by atoms with Crippen molar-refractivity contribution in [1.82, 2.24) is 0 Å². The average molecular weight is 400 g/mol. The monoisotopic (exact) mass is 400 g/mol. The van der Waals surface area contributed by atoms with Crippen molar-refractivity contribution in [2.24, 2.45) is 0 Å². The largest absolute Gasteiger partial charge is 0.504 e. The second-order valence-corrected chi connectivity index (χ2v) is 6.45. The van der Waals surface area contributed by atoms with Gasteiger partial charge in [-0.1, -0.05) is 13.8 Å². The maximum atomic E-state index is 12.6. The minimum Gasteiger partial charge on any atom is -0.504 e. The first-order chi connectivity index (χ1) is 13.5. The van der Waals surface area contributed by atoms with Crippen LogP contribution in [0.2, 0.25) is 0 Å². The Hall–Kier alpha value is -1.55. The third kappa shape index (κ3) is 9.09. The van der Waals surface area contributed by atoms with E-state index in [1.165, 1.54) is 0 Å². The molecule has 0 atom stereocenters. The summed E-state index contributed by atoms with van der Waals surface area (Å²) in [4.78, 5) is 12.6. The van der Waals surface area contributed by atoms with E-state index in [2.05, 4.69) is 0 Å². The number of rotatable bonds is 15. The first-order valence-corrected chi connectivity index (χ1v) is 9.42. The predicted molar refractivity (Wildman–Crippen MR) is 104 cm³/mol. The highest BCUT2D eigenvalue weighted by atomic mass is 16.5. The summed E-state index contributed by atoms with van der Waals surface area (Å²) in [7, 11) is 0. The summed E-state index contributed by atoms with van der Waals surface area (Å²) in [5.74, 6) is -0.206. The first kappa shape index (κ1) is 24.5. The molecule has 1 rings (SSSR count). The number of ether oxygens (including phenoxy) is 4. The highest BCUT2D eigenvalue weighted by Crippen LogP contribution is 2.21. The molecule has 0 bridgehead atoms. The lowest BCUT2D eigenvalue weighted by Crippen LogP contribution is -2.12. The molecule has 160 valence electrons. The Morgan fingerprint density at radius 1 is 0.786 bits per heavy atom. The maximum Gasteiger partial charge on any atom is 0.225 e. The van der Waals surface area contributed by atoms with Gasteiger partial charge in [0.25, 0.3) is 0 Å². The number of hydrogen-bond donors (Lipinski definition) is 3. The van der Waals surface area contributed by atoms with Gasteiger partial charge in [-0.25, -0.2) is 0 Å². The van der Waals surface area contributed by atoms with E-state index in [0.717, 1.165) is 5.56 Å². The van der Waals surface area contributed by atoms with Gasteiger partial charge in [-0.2, -0.15) is 0 Å². The number of aliphatic hydroxyl groups excluding tert-OH is 2. The lowest BCUT2D eigenvalue weighted by molar-refractivity contribution is 0.0266. The minimum atomic E-state index is -0.488. The molecule has 0 aliphatic rings. The summed E-state index contributed by atoms with van der Waals surface area (Å²) in [6.45, 7) is 5.70. The molecular weight excluding hydrogens is 368 g/mol. The predicted octanol–water partition coefficient (Wildman–Crippen LogP) is 0.927. The molecule has 28 heavy (non-hydrogen) atoms. The van der Waals surface area contributed by atoms with Crippen LogP contribution in [0.1, 0.15) is 36.5 Å². The lowest BCUT2D eigenvalue weighted by atomic mass is 10.0. The zero-order valence-corrected chi connectivity index (χ0v) is 16.7. The van der Waals surface area contributed by atoms with E-state index in [9.17, 15) is 9.90 Å². The molecule has 0 aromatic heterocycles. The van der Waals surface area contributed by atoms with Crippen molar-refractivity contribution >= 4 is 0 Å². The van der Waals surface area contributed by atoms with Crippen molar-refractivity contribution < 1.29 is 34.3 Å². The molecule has 3 N–H and O–H groups in total. The fourth-order valence-electron chi connectivity index (χ4n) is 2.36. The second kappa shape index (κ2) is 14.4. The van der Waals surface area contributed by atoms with Crippen molar-refractivity contribution in [2.75, 3.05) is 52.9 Å². The summed E-state index contributed by atoms with van der Waals surface area (Å²) < 4.78 is 21.2. The van der Waals surface area contributed by atoms with E-state index < -0.39 is 5.43 Å². The molecule has 8 nitrogen and oxygen atoms in total. The van der Waals surface area contributed by atoms with Crippen LogP contribution in [-0.2, 0) is 32.2 Å². The van der Waals surface area contributed by atoms with E-state index in [1.54, 1.807) is 12.1 Å². The molecule has 1 aromatic carbocycles. The summed E-state index contributed by atoms with van der Waals surface area (Å²) in [6, 6.07) is 3.51. The third-order valence-corrected chi connectivity index (χ3v) is 3.89. The van der Waals surface area contributed by atoms with Gasteiger partial charge in [0, 0.05) is 11.1 Å². The van der Waals surface area contributed by atoms with Crippen LogP contribution in [0.3, 0.4) is 0 Å². The molecular formula is C20H32O8. The summed E-state index contributed by atoms with van der Waals surface area (Å²) in [5, 5.41) is 27.7. The highest BCUT2D eigenvalue weighted by Gasteiger charge is 2.13. The van der Waals surface area contributed by atoms with Gasteiger partial charge in [-0.05, 0) is 23.6 Å². The van der Waals surface area contributed by atoms with Crippen LogP contribution < -0.4 is 5.43 Å². The van der Waals surface area contributed by atoms with Crippen molar-refractivity contribution in [2.45, 2.75) is 33.0 Å². The maximum absolute atomic E-state index is 12.6. The van der Waals surface area contributed by atoms with Gasteiger partial charge in [0.1, 0.15) is 0 Å². The molecule has 0 spiro atoms. The van der Waals surface area contributed by atoms with Crippen molar-refractivity contribution in [3.8, 4) is 5.75 Å². The highest BCUT2D eigenvalue weighted by molar-refractivity contribution is 5.38. The zero-order valence-electron chi connectivity index (χ0n) is 16.7. The lowest BCUT2D eigenvalue weighted by Gasteiger charge is -2.07. The Bertz CT molecular complexity index is 618. The van der Waals surface area contributed by atoms with E-state index in [1.807, 2.05) is 13.8 Å². The fraction of sp³-hybridized carbons (Fsp3) is 0.650. The van der Waals surface area contributed by atoms with Crippen LogP contribution >= 0.6 is 0 Å². The molecule has 8 heteroatoms. The van der Waals surface area contributed by atoms with E-state index >= 15 is 0 Å². The molecule has 0 fully saturated rings. The van der Waals surface area contributed by atoms with Gasteiger partial charge >= 0.3 is 0 Å². The molecule has 0 radical (unpaired) electrons. The second-order valence-electron chi connectivity index (χ2n) is 6.45. The minimum absolute atomic E-state index is 0.0506. The molecule has 0 aliphatic heterocycles. The average Bonchev–Trinajstić information content (AvgIpc) is 2.79. The van der Waals surface area contributed by atoms with Crippen LogP contribution in [0.4, 0.5) is 0 Å². The SMILES string of the molecule is CC(C)c1cc(COCCOCCO)c(O)c(=O)c(COCCOCCO)c1. The zero-order chi connectivity index (χ0) is 20.8. The van der Waals surface area contributed by atoms with Gasteiger partial charge in [0.05, 0.1) is 66.1 Å². The smallest absolute Gasteiger partial charge is 0.225 e. The number of hydrogen-bond acceptors (Lipinski definition) is 8. The Morgan fingerprint density at radius 3 is 1.75 bits per heavy atom. The number of aromatic hydroxyl groups is 1. The summed E-state index contributed by atoms with van der Waals surface area (Å²) in [6.07, 6.45) is 0. The summed E-state index contributed by atoms with van der Waals surface area (Å²) in [5.41, 5.74) is 1.18. The standard InChI is InChI=1S/C20H32O8/c1-15(2)16-11-17(13-27-9-7-25-5-3-21)19(23)20(24)18(12-16)14-28-10-8-26-6-4-22/h11-12,15,21-22H,3-10,13-14H2,1-2H3,(H,23,24). The Labute approximate surface area is 165 Å². The fourth-order valence-corrected chi connectivity index (χ4v) is 2.36. The third-order valence-electron chi connectivity index (χ3n) is 3.89. The van der Waals surface area contributed by atoms with Gasteiger partial charge in [-0.15, -0.1) is 0 Å². The van der Waals surface area contributed by atoms with Crippen molar-refractivity contribution in [3.05, 3.63) is 39.0 Å². The molecule has 0 unspecified atom stereocenters. The van der Waals surface area contributed by atoms with E-state index in [4.69, 9.17) is 29.2 Å². The molecule has 1 aromatic rings. The van der Waals surface area contributed by atoms with Gasteiger partial charge < -0.3 is 34.3 Å². The Balaban J connectivity index is 2.80. The molecule has 0 heterocycles. The van der Waals surface area contributed by atoms with Crippen LogP contribution in [0.15, 0.2) is 16.9 Å². The van der Waals surface area contributed by atoms with Crippen LogP contribution in [0.5, 0.6) is 5.75 Å². The van der Waals surface area contributed by atoms with Crippen LogP contribution in [-0.4, -0.2) is 68.2 Å². The van der Waals surface area contributed by atoms with Crippen molar-refractivity contribution in [3.63, 3.8) is 0 Å². The molecule has 0 saturated heterocycles. The van der Waals surface area contributed by atoms with Crippen LogP contribution in [0, 0.1) is 0 Å². The summed E-state index contributed by atoms with van der Waals surface area (Å²) >= 11 is 0. The topological polar surface area (TPSA) is 115 Å². The van der Waals surface area contributed by atoms with Crippen LogP contribution in [0.25, 0.3) is 0 Å². The molecule has 0 saturated carbocycles. The normalized spacial score (nSPS) is 11.3. The van der Waals surface area contributed by atoms with Gasteiger partial charge in [0.2, 0.25) is 5.43 Å². The Kier molecular flexibility index (Phi) is 12.6. The van der Waals surface area contributed by atoms with Gasteiger partial charge in [-0.3, -0.25) is 4.79 Å². The molecule has 0 amide bonds. The van der Waals surface area contributed by atoms with E-state index in [-0.39, 0.29) is 64.5 Å².